The molecule has 0 radical (unpaired) electrons. The van der Waals surface area contributed by atoms with Crippen molar-refractivity contribution in [3.63, 3.8) is 0 Å². The Hall–Kier alpha value is -1.04. The Morgan fingerprint density at radius 1 is 1.26 bits per heavy atom. The van der Waals surface area contributed by atoms with Crippen molar-refractivity contribution in [3.8, 4) is 0 Å². The molecule has 1 N–H and O–H groups in total. The Morgan fingerprint density at radius 3 is 2.58 bits per heavy atom. The van der Waals surface area contributed by atoms with Crippen LogP contribution in [0.2, 0.25) is 0 Å². The third kappa shape index (κ3) is 5.63. The predicted octanol–water partition coefficient (Wildman–Crippen LogP) is 2.18. The van der Waals surface area contributed by atoms with Gasteiger partial charge >= 0.3 is 0 Å². The quantitative estimate of drug-likeness (QED) is 0.788. The van der Waals surface area contributed by atoms with Crippen LogP contribution in [0, 0.1) is 11.6 Å². The molecule has 0 aliphatic carbocycles. The lowest BCUT2D eigenvalue weighted by atomic mass is 10.2. The Kier molecular flexibility index (Phi) is 6.91. The van der Waals surface area contributed by atoms with Gasteiger partial charge in [0.25, 0.3) is 0 Å². The largest absolute Gasteiger partial charge is 0.389 e. The Morgan fingerprint density at radius 2 is 2.00 bits per heavy atom. The van der Waals surface area contributed by atoms with Crippen LogP contribution in [0.4, 0.5) is 8.78 Å². The van der Waals surface area contributed by atoms with Gasteiger partial charge in [-0.25, -0.2) is 8.78 Å². The number of benzene rings is 1. The van der Waals surface area contributed by atoms with Gasteiger partial charge in [0.05, 0.1) is 12.7 Å². The first-order valence-corrected chi connectivity index (χ1v) is 6.48. The van der Waals surface area contributed by atoms with Crippen molar-refractivity contribution in [2.45, 2.75) is 26.5 Å². The number of ether oxygens (including phenoxy) is 1. The molecule has 0 aliphatic heterocycles. The first-order valence-electron chi connectivity index (χ1n) is 6.48. The second-order valence-electron chi connectivity index (χ2n) is 4.39. The molecule has 3 nitrogen and oxygen atoms in total. The van der Waals surface area contributed by atoms with Crippen LogP contribution in [0.15, 0.2) is 18.2 Å². The number of aliphatic hydroxyl groups is 1. The highest BCUT2D eigenvalue weighted by molar-refractivity contribution is 5.17. The molecule has 0 spiro atoms. The molecule has 0 saturated heterocycles. The van der Waals surface area contributed by atoms with Crippen LogP contribution in [0.1, 0.15) is 19.4 Å². The van der Waals surface area contributed by atoms with Gasteiger partial charge in [-0.15, -0.1) is 0 Å². The van der Waals surface area contributed by atoms with Gasteiger partial charge in [0.15, 0.2) is 11.6 Å². The summed E-state index contributed by atoms with van der Waals surface area (Å²) in [4.78, 5) is 1.95. The zero-order valence-electron chi connectivity index (χ0n) is 11.4. The van der Waals surface area contributed by atoms with Crippen LogP contribution in [-0.4, -0.2) is 42.4 Å². The summed E-state index contributed by atoms with van der Waals surface area (Å²) >= 11 is 0. The molecule has 1 aromatic rings. The second-order valence-corrected chi connectivity index (χ2v) is 4.39. The molecule has 0 aromatic heterocycles. The fourth-order valence-corrected chi connectivity index (χ4v) is 1.81. The second kappa shape index (κ2) is 8.19. The minimum absolute atomic E-state index is 0.283. The molecule has 108 valence electrons. The van der Waals surface area contributed by atoms with Crippen molar-refractivity contribution < 1.29 is 18.6 Å². The SMILES string of the molecule is CCOCC(O)CN(CC)Cc1ccc(F)c(F)c1. The molecule has 0 saturated carbocycles. The topological polar surface area (TPSA) is 32.7 Å². The maximum atomic E-state index is 13.1. The van der Waals surface area contributed by atoms with E-state index < -0.39 is 17.7 Å². The van der Waals surface area contributed by atoms with Gasteiger partial charge in [0.2, 0.25) is 0 Å². The van der Waals surface area contributed by atoms with Crippen LogP contribution >= 0.6 is 0 Å². The van der Waals surface area contributed by atoms with Crippen LogP contribution in [0.5, 0.6) is 0 Å². The van der Waals surface area contributed by atoms with Crippen LogP contribution in [0.3, 0.4) is 0 Å². The summed E-state index contributed by atoms with van der Waals surface area (Å²) in [6, 6.07) is 3.86. The number of halogens is 2. The number of nitrogens with zero attached hydrogens (tertiary/aromatic N) is 1. The van der Waals surface area contributed by atoms with Crippen molar-refractivity contribution in [2.75, 3.05) is 26.3 Å². The van der Waals surface area contributed by atoms with Gasteiger partial charge in [0, 0.05) is 19.7 Å². The van der Waals surface area contributed by atoms with Gasteiger partial charge in [-0.2, -0.15) is 0 Å². The highest BCUT2D eigenvalue weighted by Gasteiger charge is 2.12. The molecule has 1 atom stereocenters. The number of rotatable bonds is 8. The highest BCUT2D eigenvalue weighted by atomic mass is 19.2. The number of hydrogen-bond donors (Lipinski definition) is 1. The molecular weight excluding hydrogens is 252 g/mol. The summed E-state index contributed by atoms with van der Waals surface area (Å²) in [5.74, 6) is -1.69. The summed E-state index contributed by atoms with van der Waals surface area (Å²) in [5, 5.41) is 9.76. The Bertz CT molecular complexity index is 388. The van der Waals surface area contributed by atoms with E-state index in [9.17, 15) is 13.9 Å². The van der Waals surface area contributed by atoms with E-state index in [0.717, 1.165) is 6.07 Å². The van der Waals surface area contributed by atoms with Gasteiger partial charge in [-0.05, 0) is 31.2 Å². The highest BCUT2D eigenvalue weighted by Crippen LogP contribution is 2.11. The van der Waals surface area contributed by atoms with E-state index in [1.165, 1.54) is 6.07 Å². The lowest BCUT2D eigenvalue weighted by molar-refractivity contribution is 0.0206. The van der Waals surface area contributed by atoms with E-state index in [1.54, 1.807) is 6.07 Å². The molecule has 0 fully saturated rings. The van der Waals surface area contributed by atoms with Crippen molar-refractivity contribution in [2.24, 2.45) is 0 Å². The van der Waals surface area contributed by atoms with E-state index in [2.05, 4.69) is 0 Å². The third-order valence-electron chi connectivity index (χ3n) is 2.82. The van der Waals surface area contributed by atoms with E-state index in [4.69, 9.17) is 4.74 Å². The molecule has 0 aliphatic rings. The number of aliphatic hydroxyl groups excluding tert-OH is 1. The van der Waals surface area contributed by atoms with Crippen LogP contribution in [0.25, 0.3) is 0 Å². The summed E-state index contributed by atoms with van der Waals surface area (Å²) in [5.41, 5.74) is 0.685. The molecule has 0 bridgehead atoms. The standard InChI is InChI=1S/C14H21F2NO2/c1-3-17(9-12(18)10-19-4-2)8-11-5-6-13(15)14(16)7-11/h5-7,12,18H,3-4,8-10H2,1-2H3. The molecular formula is C14H21F2NO2. The molecule has 5 heteroatoms. The van der Waals surface area contributed by atoms with Crippen LogP contribution in [-0.2, 0) is 11.3 Å². The van der Waals surface area contributed by atoms with Crippen molar-refractivity contribution in [1.82, 2.24) is 4.90 Å². The number of likely N-dealkylation sites (N-methyl/N-ethyl adjacent to an activating group) is 1. The van der Waals surface area contributed by atoms with Gasteiger partial charge in [0.1, 0.15) is 0 Å². The molecule has 1 unspecified atom stereocenters. The Labute approximate surface area is 112 Å². The first-order chi connectivity index (χ1) is 9.06. The summed E-state index contributed by atoms with van der Waals surface area (Å²) < 4.78 is 31.1. The monoisotopic (exact) mass is 273 g/mol. The fraction of sp³-hybridized carbons (Fsp3) is 0.571. The average Bonchev–Trinajstić information content (AvgIpc) is 2.39. The zero-order chi connectivity index (χ0) is 14.3. The van der Waals surface area contributed by atoms with Gasteiger partial charge in [-0.3, -0.25) is 4.90 Å². The zero-order valence-corrected chi connectivity index (χ0v) is 11.4. The van der Waals surface area contributed by atoms with Crippen molar-refractivity contribution in [3.05, 3.63) is 35.4 Å². The lowest BCUT2D eigenvalue weighted by Crippen LogP contribution is -2.34. The summed E-state index contributed by atoms with van der Waals surface area (Å²) in [6.45, 7) is 6.28. The minimum atomic E-state index is -0.844. The smallest absolute Gasteiger partial charge is 0.159 e. The van der Waals surface area contributed by atoms with E-state index in [-0.39, 0.29) is 6.61 Å². The molecule has 1 aromatic carbocycles. The summed E-state index contributed by atoms with van der Waals surface area (Å²) in [7, 11) is 0. The molecule has 19 heavy (non-hydrogen) atoms. The number of hydrogen-bond acceptors (Lipinski definition) is 3. The third-order valence-corrected chi connectivity index (χ3v) is 2.82. The summed E-state index contributed by atoms with van der Waals surface area (Å²) in [6.07, 6.45) is -0.579. The lowest BCUT2D eigenvalue weighted by Gasteiger charge is -2.23. The predicted molar refractivity (Wildman–Crippen MR) is 69.8 cm³/mol. The molecule has 0 amide bonds. The molecule has 0 heterocycles. The van der Waals surface area contributed by atoms with E-state index in [1.807, 2.05) is 18.7 Å². The Balaban J connectivity index is 2.53. The molecule has 1 rings (SSSR count). The van der Waals surface area contributed by atoms with Crippen molar-refractivity contribution >= 4 is 0 Å². The van der Waals surface area contributed by atoms with E-state index >= 15 is 0 Å². The normalized spacial score (nSPS) is 12.9. The minimum Gasteiger partial charge on any atom is -0.389 e. The maximum Gasteiger partial charge on any atom is 0.159 e. The first kappa shape index (κ1) is 16.0. The maximum absolute atomic E-state index is 13.1. The van der Waals surface area contributed by atoms with E-state index in [0.29, 0.717) is 31.8 Å². The van der Waals surface area contributed by atoms with Gasteiger partial charge in [-0.1, -0.05) is 13.0 Å². The average molecular weight is 273 g/mol. The van der Waals surface area contributed by atoms with Gasteiger partial charge < -0.3 is 9.84 Å². The van der Waals surface area contributed by atoms with Crippen LogP contribution < -0.4 is 0 Å². The fourth-order valence-electron chi connectivity index (χ4n) is 1.81. The van der Waals surface area contributed by atoms with Crippen molar-refractivity contribution in [1.29, 1.82) is 0 Å².